The molecule has 4 aliphatic rings. The number of nitrogens with one attached hydrogen (secondary N) is 1. The highest BCUT2D eigenvalue weighted by Crippen LogP contribution is 2.64. The molecule has 11 nitrogen and oxygen atoms in total. The van der Waals surface area contributed by atoms with Crippen LogP contribution >= 0.6 is 11.6 Å². The number of benzene rings is 4. The number of hydrogen-bond donors (Lipinski definition) is 4. The summed E-state index contributed by atoms with van der Waals surface area (Å²) in [6.07, 6.45) is 2.18. The lowest BCUT2D eigenvalue weighted by Crippen LogP contribution is -2.53. The van der Waals surface area contributed by atoms with Crippen LogP contribution in [0.4, 0.5) is 11.4 Å². The number of allylic oxidation sites excluding steroid dienone is 2. The number of hydrogen-bond acceptors (Lipinski definition) is 9. The van der Waals surface area contributed by atoms with Gasteiger partial charge in [-0.25, -0.2) is 0 Å². The van der Waals surface area contributed by atoms with Crippen molar-refractivity contribution in [2.45, 2.75) is 31.1 Å². The van der Waals surface area contributed by atoms with Gasteiger partial charge in [0.1, 0.15) is 0 Å². The van der Waals surface area contributed by atoms with E-state index in [0.717, 1.165) is 15.5 Å². The number of rotatable bonds is 7. The molecule has 2 aliphatic heterocycles. The van der Waals surface area contributed by atoms with E-state index in [1.807, 2.05) is 55.5 Å². The normalized spacial score (nSPS) is 26.2. The van der Waals surface area contributed by atoms with E-state index in [1.54, 1.807) is 36.4 Å². The van der Waals surface area contributed by atoms with Crippen LogP contribution in [0.5, 0.6) is 11.5 Å². The second-order valence-corrected chi connectivity index (χ2v) is 14.5. The van der Waals surface area contributed by atoms with Gasteiger partial charge in [-0.2, -0.15) is 5.01 Å². The van der Waals surface area contributed by atoms with Crippen LogP contribution in [-0.4, -0.2) is 58.0 Å². The third-order valence-corrected chi connectivity index (χ3v) is 11.7. The molecule has 8 rings (SSSR count). The average Bonchev–Trinajstić information content (AvgIpc) is 3.54. The number of fused-ring (bicyclic) bond motifs is 4. The molecule has 4 aromatic rings. The van der Waals surface area contributed by atoms with Crippen molar-refractivity contribution in [3.05, 3.63) is 124 Å². The van der Waals surface area contributed by atoms with Crippen LogP contribution in [0, 0.1) is 30.6 Å². The molecule has 1 saturated carbocycles. The maximum Gasteiger partial charge on any atom is 0.488 e. The molecule has 2 aliphatic carbocycles. The second-order valence-electron chi connectivity index (χ2n) is 14.1. The number of imide groups is 2. The Hall–Kier alpha value is -5.43. The number of aromatic hydroxyl groups is 1. The van der Waals surface area contributed by atoms with Crippen molar-refractivity contribution in [1.82, 2.24) is 5.01 Å². The molecule has 268 valence electrons. The van der Waals surface area contributed by atoms with Crippen LogP contribution in [0.3, 0.4) is 0 Å². The molecule has 0 spiro atoms. The van der Waals surface area contributed by atoms with E-state index >= 15 is 4.79 Å². The van der Waals surface area contributed by atoms with Crippen molar-refractivity contribution in [1.29, 1.82) is 0 Å². The summed E-state index contributed by atoms with van der Waals surface area (Å²) in [5.74, 6) is -6.26. The minimum Gasteiger partial charge on any atom is -0.503 e. The molecule has 3 fully saturated rings. The van der Waals surface area contributed by atoms with Crippen LogP contribution in [0.25, 0.3) is 0 Å². The van der Waals surface area contributed by atoms with E-state index < -0.39 is 65.8 Å². The van der Waals surface area contributed by atoms with Gasteiger partial charge in [0, 0.05) is 5.92 Å². The Bertz CT molecular complexity index is 2210. The zero-order chi connectivity index (χ0) is 37.3. The first-order chi connectivity index (χ1) is 25.5. The van der Waals surface area contributed by atoms with E-state index in [2.05, 4.69) is 5.43 Å². The molecule has 0 unspecified atom stereocenters. The first-order valence-electron chi connectivity index (χ1n) is 17.3. The van der Waals surface area contributed by atoms with Crippen LogP contribution in [-0.2, 0) is 24.6 Å². The fourth-order valence-electron chi connectivity index (χ4n) is 9.12. The molecular formula is C40H35BClN3O8. The van der Waals surface area contributed by atoms with Crippen molar-refractivity contribution in [3.8, 4) is 11.5 Å². The summed E-state index contributed by atoms with van der Waals surface area (Å²) in [6.45, 7) is 1.93. The number of ether oxygens (including phenoxy) is 1. The number of methoxy groups -OCH3 is 1. The third-order valence-electron chi connectivity index (χ3n) is 11.4. The quantitative estimate of drug-likeness (QED) is 0.124. The minimum absolute atomic E-state index is 0.0221. The SMILES string of the molecule is COc1cc([C@H]2C3=CC[C@@H]4C(=O)N(c5cccc(B(O)O)c5)C(=O)[C@@H]4[C@@H]3C[C@H]3C(=O)N(Nc4ccc(C)cc4)C(=O)[C@@]23c2ccccc2)cc(Cl)c1O. The molecule has 13 heteroatoms. The van der Waals surface area contributed by atoms with E-state index in [-0.39, 0.29) is 40.5 Å². The first kappa shape index (κ1) is 34.6. The predicted molar refractivity (Wildman–Crippen MR) is 197 cm³/mol. The summed E-state index contributed by atoms with van der Waals surface area (Å²) in [5.41, 5.74) is 5.18. The number of anilines is 2. The number of amides is 4. The summed E-state index contributed by atoms with van der Waals surface area (Å²) in [7, 11) is -0.418. The van der Waals surface area contributed by atoms with Crippen molar-refractivity contribution in [2.24, 2.45) is 23.7 Å². The summed E-state index contributed by atoms with van der Waals surface area (Å²) in [5, 5.41) is 31.5. The fraction of sp³-hybridized carbons (Fsp3) is 0.250. The zero-order valence-electron chi connectivity index (χ0n) is 28.8. The van der Waals surface area contributed by atoms with E-state index in [1.165, 1.54) is 19.2 Å². The van der Waals surface area contributed by atoms with Gasteiger partial charge in [-0.05, 0) is 78.7 Å². The number of aryl methyl sites for hydroxylation is 1. The van der Waals surface area contributed by atoms with Gasteiger partial charge in [-0.1, -0.05) is 83.4 Å². The predicted octanol–water partition coefficient (Wildman–Crippen LogP) is 4.23. The Kier molecular flexibility index (Phi) is 8.44. The number of halogens is 1. The molecule has 2 saturated heterocycles. The Morgan fingerprint density at radius 1 is 0.887 bits per heavy atom. The van der Waals surface area contributed by atoms with Crippen molar-refractivity contribution in [3.63, 3.8) is 0 Å². The Balaban J connectivity index is 1.32. The number of carbonyl (C=O) groups excluding carboxylic acids is 4. The first-order valence-corrected chi connectivity index (χ1v) is 17.7. The topological polar surface area (TPSA) is 157 Å². The Morgan fingerprint density at radius 3 is 2.32 bits per heavy atom. The lowest BCUT2D eigenvalue weighted by atomic mass is 9.49. The summed E-state index contributed by atoms with van der Waals surface area (Å²) >= 11 is 6.63. The Morgan fingerprint density at radius 2 is 1.62 bits per heavy atom. The lowest BCUT2D eigenvalue weighted by Gasteiger charge is -2.50. The maximum absolute atomic E-state index is 15.3. The zero-order valence-corrected chi connectivity index (χ0v) is 29.5. The average molecular weight is 732 g/mol. The molecule has 2 heterocycles. The number of nitrogens with zero attached hydrogens (tertiary/aromatic N) is 2. The van der Waals surface area contributed by atoms with Crippen LogP contribution < -0.4 is 20.5 Å². The second kappa shape index (κ2) is 12.9. The molecule has 4 aromatic carbocycles. The van der Waals surface area contributed by atoms with Gasteiger partial charge in [0.25, 0.3) is 11.8 Å². The number of carbonyl (C=O) groups is 4. The monoisotopic (exact) mass is 731 g/mol. The van der Waals surface area contributed by atoms with Crippen molar-refractivity contribution >= 4 is 59.2 Å². The van der Waals surface area contributed by atoms with Gasteiger partial charge >= 0.3 is 7.12 Å². The molecule has 6 atom stereocenters. The van der Waals surface area contributed by atoms with Gasteiger partial charge in [0.15, 0.2) is 11.5 Å². The van der Waals surface area contributed by atoms with Gasteiger partial charge in [0.05, 0.1) is 46.7 Å². The molecule has 0 radical (unpaired) electrons. The molecule has 0 bridgehead atoms. The van der Waals surface area contributed by atoms with Crippen LogP contribution in [0.1, 0.15) is 35.4 Å². The van der Waals surface area contributed by atoms with Crippen LogP contribution in [0.2, 0.25) is 5.02 Å². The molecule has 4 amide bonds. The highest BCUT2D eigenvalue weighted by molar-refractivity contribution is 6.58. The molecule has 4 N–H and O–H groups in total. The van der Waals surface area contributed by atoms with Gasteiger partial charge < -0.3 is 19.9 Å². The van der Waals surface area contributed by atoms with Gasteiger partial charge in [0.2, 0.25) is 11.8 Å². The third kappa shape index (κ3) is 5.19. The standard InChI is InChI=1S/C40H35BClN3O8/c1-21-11-13-25(14-12-21)43-45-37(48)30-20-29-27(15-16-28-33(29)38(49)44(36(28)47)26-10-6-9-24(19-26)41(51)52)34(22-17-31(42)35(46)32(18-22)53-2)40(30,39(45)50)23-7-4-3-5-8-23/h3-15,17-19,28-30,33-34,43,46,51-52H,16,20H2,1-2H3/t28-,29+,30-,33-,34-,40+/m0/s1. The van der Waals surface area contributed by atoms with E-state index in [0.29, 0.717) is 22.4 Å². The van der Waals surface area contributed by atoms with E-state index in [4.69, 9.17) is 16.3 Å². The van der Waals surface area contributed by atoms with Gasteiger partial charge in [-0.3, -0.25) is 29.5 Å². The summed E-state index contributed by atoms with van der Waals surface area (Å²) < 4.78 is 5.52. The Labute approximate surface area is 310 Å². The highest BCUT2D eigenvalue weighted by atomic mass is 35.5. The summed E-state index contributed by atoms with van der Waals surface area (Å²) in [6, 6.07) is 25.5. The number of phenols is 1. The molecule has 0 aromatic heterocycles. The lowest BCUT2D eigenvalue weighted by molar-refractivity contribution is -0.138. The van der Waals surface area contributed by atoms with Crippen molar-refractivity contribution < 1.29 is 39.1 Å². The smallest absolute Gasteiger partial charge is 0.488 e. The van der Waals surface area contributed by atoms with Gasteiger partial charge in [-0.15, -0.1) is 0 Å². The summed E-state index contributed by atoms with van der Waals surface area (Å²) in [4.78, 5) is 59.9. The number of phenolic OH excluding ortho intramolecular Hbond substituents is 1. The largest absolute Gasteiger partial charge is 0.503 e. The highest BCUT2D eigenvalue weighted by Gasteiger charge is 2.70. The van der Waals surface area contributed by atoms with Crippen LogP contribution in [0.15, 0.2) is 103 Å². The van der Waals surface area contributed by atoms with E-state index in [9.17, 15) is 29.5 Å². The maximum atomic E-state index is 15.3. The fourth-order valence-corrected chi connectivity index (χ4v) is 9.34. The number of hydrazine groups is 1. The molecular weight excluding hydrogens is 697 g/mol. The minimum atomic E-state index is -1.81. The molecule has 53 heavy (non-hydrogen) atoms. The van der Waals surface area contributed by atoms with Crippen molar-refractivity contribution in [2.75, 3.05) is 17.4 Å².